The van der Waals surface area contributed by atoms with Gasteiger partial charge in [-0.3, -0.25) is 0 Å². The lowest BCUT2D eigenvalue weighted by molar-refractivity contribution is 0.0843. The maximum Gasteiger partial charge on any atom is 0.250 e. The number of benzene rings is 2. The molecule has 2 unspecified atom stereocenters. The SMILES string of the molecule is C[SiH](C)OC(c1cc(C(O)c2ccc(O[Si](C)(C)C(C)(C)C)c(C(O[SiH](C)C)C(C)(C)C)c2)ccc1O[Si](C)(C)C(C)(C)C)C(C)(C)C. The van der Waals surface area contributed by atoms with Gasteiger partial charge in [-0.1, -0.05) is 95.2 Å². The van der Waals surface area contributed by atoms with E-state index in [1.807, 2.05) is 12.1 Å². The van der Waals surface area contributed by atoms with Crippen molar-refractivity contribution < 1.29 is 22.8 Å². The normalized spacial score (nSPS) is 15.9. The van der Waals surface area contributed by atoms with Gasteiger partial charge in [-0.2, -0.15) is 0 Å². The van der Waals surface area contributed by atoms with Crippen molar-refractivity contribution >= 4 is 34.7 Å². The molecular formula is C39H72O5Si4. The second kappa shape index (κ2) is 15.2. The molecule has 0 saturated carbocycles. The van der Waals surface area contributed by atoms with Crippen LogP contribution in [-0.2, 0) is 8.85 Å². The van der Waals surface area contributed by atoms with Crippen LogP contribution in [-0.4, -0.2) is 39.8 Å². The van der Waals surface area contributed by atoms with Crippen molar-refractivity contribution in [2.45, 2.75) is 164 Å². The summed E-state index contributed by atoms with van der Waals surface area (Å²) < 4.78 is 27.5. The summed E-state index contributed by atoms with van der Waals surface area (Å²) in [6, 6.07) is 12.5. The Labute approximate surface area is 301 Å². The van der Waals surface area contributed by atoms with Crippen molar-refractivity contribution in [1.29, 1.82) is 0 Å². The molecule has 2 atom stereocenters. The first kappa shape index (κ1) is 43.0. The van der Waals surface area contributed by atoms with Gasteiger partial charge in [0.15, 0.2) is 18.1 Å². The quantitative estimate of drug-likeness (QED) is 0.220. The summed E-state index contributed by atoms with van der Waals surface area (Å²) in [5, 5.41) is 12.2. The zero-order chi connectivity index (χ0) is 37.4. The van der Waals surface area contributed by atoms with Crippen molar-refractivity contribution in [2.75, 3.05) is 0 Å². The molecule has 2 aromatic carbocycles. The molecule has 1 N–H and O–H groups in total. The average molecular weight is 733 g/mol. The molecule has 2 rings (SSSR count). The topological polar surface area (TPSA) is 57.2 Å². The Hall–Kier alpha value is -1.21. The largest absolute Gasteiger partial charge is 0.543 e. The Balaban J connectivity index is 2.85. The standard InChI is InChI=1S/C39H72O5Si4/c1-36(2,3)34(41-45(13)14)29-25-27(21-23-31(29)43-47(17,18)38(7,8)9)33(40)28-22-24-32(44-48(19,20)39(10,11)12)30(26-28)35(37(4,5)6)42-46(15)16/h21-26,33-35,40,45-46H,1-20H3. The van der Waals surface area contributed by atoms with Crippen molar-refractivity contribution in [2.24, 2.45) is 10.8 Å². The molecule has 0 aliphatic rings. The lowest BCUT2D eigenvalue weighted by Crippen LogP contribution is -2.44. The first-order valence-corrected chi connectivity index (χ1v) is 29.4. The first-order chi connectivity index (χ1) is 21.4. The second-order valence-electron chi connectivity index (χ2n) is 19.6. The van der Waals surface area contributed by atoms with E-state index in [0.717, 1.165) is 33.8 Å². The summed E-state index contributed by atoms with van der Waals surface area (Å²) >= 11 is 0. The molecule has 0 heterocycles. The van der Waals surface area contributed by atoms with Gasteiger partial charge in [-0.15, -0.1) is 0 Å². The molecule has 0 saturated heterocycles. The summed E-state index contributed by atoms with van der Waals surface area (Å²) in [7, 11) is -7.13. The van der Waals surface area contributed by atoms with E-state index in [-0.39, 0.29) is 33.1 Å². The zero-order valence-electron chi connectivity index (χ0n) is 34.4. The van der Waals surface area contributed by atoms with Crippen LogP contribution in [0.15, 0.2) is 36.4 Å². The van der Waals surface area contributed by atoms with Gasteiger partial charge in [0.2, 0.25) is 16.6 Å². The van der Waals surface area contributed by atoms with E-state index in [2.05, 4.69) is 160 Å². The van der Waals surface area contributed by atoms with Gasteiger partial charge in [0.25, 0.3) is 0 Å². The molecule has 0 aromatic heterocycles. The minimum absolute atomic E-state index is 0.0441. The molecule has 5 nitrogen and oxygen atoms in total. The van der Waals surface area contributed by atoms with Gasteiger partial charge in [0, 0.05) is 11.1 Å². The minimum Gasteiger partial charge on any atom is -0.543 e. The third-order valence-electron chi connectivity index (χ3n) is 10.00. The van der Waals surface area contributed by atoms with Crippen molar-refractivity contribution in [3.05, 3.63) is 58.7 Å². The molecule has 274 valence electrons. The highest BCUT2D eigenvalue weighted by Crippen LogP contribution is 2.47. The van der Waals surface area contributed by atoms with Gasteiger partial charge in [0.1, 0.15) is 17.6 Å². The maximum absolute atomic E-state index is 12.2. The van der Waals surface area contributed by atoms with Crippen LogP contribution >= 0.6 is 0 Å². The van der Waals surface area contributed by atoms with E-state index < -0.39 is 40.8 Å². The Morgan fingerprint density at radius 1 is 0.542 bits per heavy atom. The van der Waals surface area contributed by atoms with E-state index in [0.29, 0.717) is 0 Å². The Bertz CT molecular complexity index is 1250. The Kier molecular flexibility index (Phi) is 13.6. The van der Waals surface area contributed by atoms with Gasteiger partial charge in [-0.25, -0.2) is 0 Å². The molecule has 0 amide bonds. The van der Waals surface area contributed by atoms with Gasteiger partial charge >= 0.3 is 0 Å². The molecule has 2 aromatic rings. The second-order valence-corrected chi connectivity index (χ2v) is 33.8. The predicted octanol–water partition coefficient (Wildman–Crippen LogP) is 11.7. The van der Waals surface area contributed by atoms with Crippen LogP contribution in [0.5, 0.6) is 11.5 Å². The molecule has 0 radical (unpaired) electrons. The van der Waals surface area contributed by atoms with Crippen LogP contribution in [0.25, 0.3) is 0 Å². The minimum atomic E-state index is -2.15. The average Bonchev–Trinajstić information content (AvgIpc) is 2.87. The maximum atomic E-state index is 12.2. The van der Waals surface area contributed by atoms with Crippen molar-refractivity contribution in [1.82, 2.24) is 0 Å². The summed E-state index contributed by atoms with van der Waals surface area (Å²) in [5.74, 6) is 1.74. The van der Waals surface area contributed by atoms with Crippen LogP contribution < -0.4 is 8.85 Å². The molecule has 0 bridgehead atoms. The Morgan fingerprint density at radius 3 is 1.06 bits per heavy atom. The summed E-state index contributed by atoms with van der Waals surface area (Å²) in [6.07, 6.45) is -1.18. The van der Waals surface area contributed by atoms with Gasteiger partial charge in [0.05, 0.1) is 12.2 Å². The van der Waals surface area contributed by atoms with Crippen molar-refractivity contribution in [3.8, 4) is 11.5 Å². The fourth-order valence-corrected chi connectivity index (χ4v) is 9.43. The van der Waals surface area contributed by atoms with E-state index in [1.165, 1.54) is 0 Å². The molecule has 0 fully saturated rings. The highest BCUT2D eigenvalue weighted by atomic mass is 28.4. The Morgan fingerprint density at radius 2 is 0.833 bits per heavy atom. The lowest BCUT2D eigenvalue weighted by Gasteiger charge is -2.40. The van der Waals surface area contributed by atoms with Crippen LogP contribution in [0.4, 0.5) is 0 Å². The summed E-state index contributed by atoms with van der Waals surface area (Å²) in [4.78, 5) is 0. The molecule has 0 aliphatic heterocycles. The number of rotatable bonds is 12. The smallest absolute Gasteiger partial charge is 0.250 e. The van der Waals surface area contributed by atoms with Crippen molar-refractivity contribution in [3.63, 3.8) is 0 Å². The van der Waals surface area contributed by atoms with Crippen LogP contribution in [0.1, 0.15) is 124 Å². The lowest BCUT2D eigenvalue weighted by atomic mass is 9.82. The summed E-state index contributed by atoms with van der Waals surface area (Å²) in [5.41, 5.74) is 3.35. The highest BCUT2D eigenvalue weighted by molar-refractivity contribution is 6.75. The molecule has 0 spiro atoms. The molecular weight excluding hydrogens is 661 g/mol. The third kappa shape index (κ3) is 10.9. The fourth-order valence-electron chi connectivity index (χ4n) is 5.15. The number of hydrogen-bond acceptors (Lipinski definition) is 5. The number of aliphatic hydroxyl groups is 1. The molecule has 9 heteroatoms. The zero-order valence-corrected chi connectivity index (χ0v) is 38.7. The molecule has 48 heavy (non-hydrogen) atoms. The number of aliphatic hydroxyl groups excluding tert-OH is 1. The van der Waals surface area contributed by atoms with Crippen LogP contribution in [0, 0.1) is 10.8 Å². The summed E-state index contributed by atoms with van der Waals surface area (Å²) in [6.45, 7) is 45.0. The van der Waals surface area contributed by atoms with Crippen LogP contribution in [0.2, 0.25) is 62.5 Å². The van der Waals surface area contributed by atoms with Gasteiger partial charge in [-0.05, 0) is 109 Å². The van der Waals surface area contributed by atoms with E-state index in [9.17, 15) is 5.11 Å². The predicted molar refractivity (Wildman–Crippen MR) is 217 cm³/mol. The van der Waals surface area contributed by atoms with Crippen LogP contribution in [0.3, 0.4) is 0 Å². The first-order valence-electron chi connectivity index (χ1n) is 18.0. The monoisotopic (exact) mass is 732 g/mol. The third-order valence-corrected chi connectivity index (χ3v) is 20.3. The number of hydrogen-bond donors (Lipinski definition) is 1. The molecule has 0 aliphatic carbocycles. The van der Waals surface area contributed by atoms with E-state index >= 15 is 0 Å². The fraction of sp³-hybridized carbons (Fsp3) is 0.692. The van der Waals surface area contributed by atoms with E-state index in [4.69, 9.17) is 17.7 Å². The van der Waals surface area contributed by atoms with E-state index in [1.54, 1.807) is 0 Å². The highest BCUT2D eigenvalue weighted by Gasteiger charge is 2.42. The van der Waals surface area contributed by atoms with Gasteiger partial charge < -0.3 is 22.8 Å².